The minimum atomic E-state index is -4.65. The molecule has 27 heavy (non-hydrogen) atoms. The molecule has 0 fully saturated rings. The first-order valence-electron chi connectivity index (χ1n) is 7.74. The van der Waals surface area contributed by atoms with Crippen molar-refractivity contribution in [3.8, 4) is 11.5 Å². The molecule has 0 saturated carbocycles. The van der Waals surface area contributed by atoms with Gasteiger partial charge in [0.2, 0.25) is 5.91 Å². The van der Waals surface area contributed by atoms with Crippen molar-refractivity contribution in [1.29, 1.82) is 0 Å². The molecule has 0 heterocycles. The molecule has 0 atom stereocenters. The molecule has 1 N–H and O–H groups in total. The van der Waals surface area contributed by atoms with E-state index in [4.69, 9.17) is 21.1 Å². The van der Waals surface area contributed by atoms with E-state index in [0.29, 0.717) is 22.6 Å². The normalized spacial score (nSPS) is 11.9. The zero-order chi connectivity index (χ0) is 20.2. The Balaban J connectivity index is 2.30. The van der Waals surface area contributed by atoms with Gasteiger partial charge in [-0.25, -0.2) is 0 Å². The maximum Gasteiger partial charge on any atom is 0.418 e. The second kappa shape index (κ2) is 8.35. The summed E-state index contributed by atoms with van der Waals surface area (Å²) in [4.78, 5) is 12.2. The fraction of sp³-hybridized carbons (Fsp3) is 0.211. The van der Waals surface area contributed by atoms with Crippen molar-refractivity contribution >= 4 is 28.8 Å². The lowest BCUT2D eigenvalue weighted by Gasteiger charge is -2.14. The third kappa shape index (κ3) is 5.17. The molecule has 2 aromatic carbocycles. The Morgan fingerprint density at radius 2 is 1.81 bits per heavy atom. The van der Waals surface area contributed by atoms with Crippen LogP contribution in [0.2, 0.25) is 5.02 Å². The van der Waals surface area contributed by atoms with Gasteiger partial charge in [0.05, 0.1) is 25.5 Å². The van der Waals surface area contributed by atoms with Crippen LogP contribution in [0.25, 0.3) is 5.57 Å². The third-order valence-electron chi connectivity index (χ3n) is 3.73. The Labute approximate surface area is 159 Å². The molecule has 2 rings (SSSR count). The van der Waals surface area contributed by atoms with Crippen molar-refractivity contribution in [2.45, 2.75) is 13.1 Å². The van der Waals surface area contributed by atoms with Crippen molar-refractivity contribution in [2.24, 2.45) is 0 Å². The molecule has 0 saturated heterocycles. The standard InChI is InChI=1S/C19H17ClF3NO3/c1-11(14-6-5-13(26-2)10-17(14)27-3)8-18(25)24-16-7-4-12(20)9-15(16)19(21,22)23/h4-10H,1-3H3,(H,24,25)/b11-8+. The molecule has 8 heteroatoms. The molecule has 2 aromatic rings. The number of allylic oxidation sites excluding steroid dienone is 1. The van der Waals surface area contributed by atoms with Gasteiger partial charge >= 0.3 is 6.18 Å². The smallest absolute Gasteiger partial charge is 0.418 e. The summed E-state index contributed by atoms with van der Waals surface area (Å²) in [5.74, 6) is 0.334. The van der Waals surface area contributed by atoms with E-state index in [-0.39, 0.29) is 10.7 Å². The van der Waals surface area contributed by atoms with Crippen LogP contribution < -0.4 is 14.8 Å². The van der Waals surface area contributed by atoms with Gasteiger partial charge in [-0.1, -0.05) is 11.6 Å². The molecular formula is C19H17ClF3NO3. The zero-order valence-electron chi connectivity index (χ0n) is 14.8. The molecule has 0 spiro atoms. The van der Waals surface area contributed by atoms with E-state index in [0.717, 1.165) is 12.1 Å². The van der Waals surface area contributed by atoms with Crippen LogP contribution in [0.3, 0.4) is 0 Å². The predicted octanol–water partition coefficient (Wildman–Crippen LogP) is 5.42. The van der Waals surface area contributed by atoms with Crippen LogP contribution in [-0.4, -0.2) is 20.1 Å². The maximum atomic E-state index is 13.1. The minimum absolute atomic E-state index is 0.0741. The highest BCUT2D eigenvalue weighted by Crippen LogP contribution is 2.36. The van der Waals surface area contributed by atoms with E-state index in [9.17, 15) is 18.0 Å². The topological polar surface area (TPSA) is 47.6 Å². The van der Waals surface area contributed by atoms with Crippen molar-refractivity contribution in [2.75, 3.05) is 19.5 Å². The van der Waals surface area contributed by atoms with E-state index in [1.165, 1.54) is 26.4 Å². The lowest BCUT2D eigenvalue weighted by Crippen LogP contribution is -2.15. The number of carbonyl (C=O) groups is 1. The molecule has 0 bridgehead atoms. The molecular weight excluding hydrogens is 383 g/mol. The maximum absolute atomic E-state index is 13.1. The van der Waals surface area contributed by atoms with Crippen LogP contribution in [0.1, 0.15) is 18.1 Å². The van der Waals surface area contributed by atoms with Crippen molar-refractivity contribution in [3.05, 3.63) is 58.6 Å². The van der Waals surface area contributed by atoms with Gasteiger partial charge in [0, 0.05) is 22.7 Å². The largest absolute Gasteiger partial charge is 0.497 e. The highest BCUT2D eigenvalue weighted by molar-refractivity contribution is 6.30. The Morgan fingerprint density at radius 1 is 1.11 bits per heavy atom. The second-order valence-electron chi connectivity index (χ2n) is 5.57. The second-order valence-corrected chi connectivity index (χ2v) is 6.01. The number of halogens is 4. The Morgan fingerprint density at radius 3 is 2.41 bits per heavy atom. The summed E-state index contributed by atoms with van der Waals surface area (Å²) in [6.45, 7) is 1.65. The van der Waals surface area contributed by atoms with Gasteiger partial charge in [-0.15, -0.1) is 0 Å². The Kier molecular flexibility index (Phi) is 6.38. The first kappa shape index (κ1) is 20.6. The molecule has 144 valence electrons. The fourth-order valence-electron chi connectivity index (χ4n) is 2.43. The van der Waals surface area contributed by atoms with Gasteiger partial charge in [-0.3, -0.25) is 4.79 Å². The average Bonchev–Trinajstić information content (AvgIpc) is 2.61. The quantitative estimate of drug-likeness (QED) is 0.683. The number of anilines is 1. The van der Waals surface area contributed by atoms with Gasteiger partial charge in [0.1, 0.15) is 11.5 Å². The summed E-state index contributed by atoms with van der Waals surface area (Å²) in [6.07, 6.45) is -3.45. The third-order valence-corrected chi connectivity index (χ3v) is 3.96. The Bertz CT molecular complexity index is 879. The van der Waals surface area contributed by atoms with Crippen LogP contribution in [0.4, 0.5) is 18.9 Å². The summed E-state index contributed by atoms with van der Waals surface area (Å²) in [5, 5.41) is 2.17. The van der Waals surface area contributed by atoms with E-state index in [1.807, 2.05) is 0 Å². The number of ether oxygens (including phenoxy) is 2. The molecule has 0 aliphatic carbocycles. The summed E-state index contributed by atoms with van der Waals surface area (Å²) in [7, 11) is 2.98. The number of carbonyl (C=O) groups excluding carboxylic acids is 1. The lowest BCUT2D eigenvalue weighted by atomic mass is 10.1. The van der Waals surface area contributed by atoms with Gasteiger partial charge in [0.15, 0.2) is 0 Å². The summed E-state index contributed by atoms with van der Waals surface area (Å²) >= 11 is 5.63. The molecule has 0 unspecified atom stereocenters. The van der Waals surface area contributed by atoms with E-state index >= 15 is 0 Å². The molecule has 4 nitrogen and oxygen atoms in total. The molecule has 0 aliphatic heterocycles. The van der Waals surface area contributed by atoms with Crippen LogP contribution >= 0.6 is 11.6 Å². The number of hydrogen-bond acceptors (Lipinski definition) is 3. The van der Waals surface area contributed by atoms with Gasteiger partial charge in [0.25, 0.3) is 0 Å². The minimum Gasteiger partial charge on any atom is -0.497 e. The van der Waals surface area contributed by atoms with E-state index < -0.39 is 17.6 Å². The van der Waals surface area contributed by atoms with Crippen LogP contribution in [0.15, 0.2) is 42.5 Å². The number of amides is 1. The molecule has 0 aromatic heterocycles. The van der Waals surface area contributed by atoms with Gasteiger partial charge < -0.3 is 14.8 Å². The van der Waals surface area contributed by atoms with Crippen LogP contribution in [0, 0.1) is 0 Å². The number of methoxy groups -OCH3 is 2. The van der Waals surface area contributed by atoms with Crippen LogP contribution in [0.5, 0.6) is 11.5 Å². The van der Waals surface area contributed by atoms with Crippen molar-refractivity contribution < 1.29 is 27.4 Å². The zero-order valence-corrected chi connectivity index (χ0v) is 15.5. The SMILES string of the molecule is COc1ccc(/C(C)=C/C(=O)Nc2ccc(Cl)cc2C(F)(F)F)c(OC)c1. The first-order chi connectivity index (χ1) is 12.7. The summed E-state index contributed by atoms with van der Waals surface area (Å²) in [6, 6.07) is 8.18. The van der Waals surface area contributed by atoms with Gasteiger partial charge in [-0.2, -0.15) is 13.2 Å². The van der Waals surface area contributed by atoms with Crippen LogP contribution in [-0.2, 0) is 11.0 Å². The summed E-state index contributed by atoms with van der Waals surface area (Å²) < 4.78 is 49.7. The number of alkyl halides is 3. The predicted molar refractivity (Wildman–Crippen MR) is 98.3 cm³/mol. The first-order valence-corrected chi connectivity index (χ1v) is 8.12. The van der Waals surface area contributed by atoms with E-state index in [1.54, 1.807) is 25.1 Å². The number of rotatable bonds is 5. The lowest BCUT2D eigenvalue weighted by molar-refractivity contribution is -0.136. The monoisotopic (exact) mass is 399 g/mol. The number of nitrogens with one attached hydrogen (secondary N) is 1. The number of benzene rings is 2. The molecule has 0 aliphatic rings. The van der Waals surface area contributed by atoms with Crippen molar-refractivity contribution in [1.82, 2.24) is 0 Å². The van der Waals surface area contributed by atoms with E-state index in [2.05, 4.69) is 5.32 Å². The summed E-state index contributed by atoms with van der Waals surface area (Å²) in [5.41, 5.74) is -0.269. The van der Waals surface area contributed by atoms with Crippen molar-refractivity contribution in [3.63, 3.8) is 0 Å². The highest BCUT2D eigenvalue weighted by Gasteiger charge is 2.34. The highest BCUT2D eigenvalue weighted by atomic mass is 35.5. The molecule has 0 radical (unpaired) electrons. The van der Waals surface area contributed by atoms with Gasteiger partial charge in [-0.05, 0) is 42.8 Å². The Hall–Kier alpha value is -2.67. The average molecular weight is 400 g/mol. The molecule has 1 amide bonds. The number of hydrogen-bond donors (Lipinski definition) is 1. The fourth-order valence-corrected chi connectivity index (χ4v) is 2.60.